The number of carbonyl (C=O) groups is 2. The molecule has 0 saturated carbocycles. The first-order valence-corrected chi connectivity index (χ1v) is 4.63. The van der Waals surface area contributed by atoms with Gasteiger partial charge in [-0.1, -0.05) is 13.8 Å². The van der Waals surface area contributed by atoms with Gasteiger partial charge in [0.15, 0.2) is 5.78 Å². The molecule has 0 aromatic rings. The van der Waals surface area contributed by atoms with Crippen molar-refractivity contribution in [1.29, 1.82) is 0 Å². The van der Waals surface area contributed by atoms with Crippen molar-refractivity contribution in [2.75, 3.05) is 7.11 Å². The predicted octanol–water partition coefficient (Wildman–Crippen LogP) is 1.61. The molecule has 4 nitrogen and oxygen atoms in total. The highest BCUT2D eigenvalue weighted by Gasteiger charge is 2.26. The summed E-state index contributed by atoms with van der Waals surface area (Å²) in [5.41, 5.74) is 0. The van der Waals surface area contributed by atoms with Crippen LogP contribution in [-0.2, 0) is 14.3 Å². The van der Waals surface area contributed by atoms with Gasteiger partial charge < -0.3 is 9.84 Å². The number of hydrogen-bond donors (Lipinski definition) is 1. The summed E-state index contributed by atoms with van der Waals surface area (Å²) in [4.78, 5) is 21.5. The van der Waals surface area contributed by atoms with Crippen LogP contribution in [0.3, 0.4) is 0 Å². The Morgan fingerprint density at radius 1 is 1.50 bits per heavy atom. The van der Waals surface area contributed by atoms with E-state index in [1.807, 2.05) is 13.8 Å². The normalized spacial score (nSPS) is 20.4. The van der Waals surface area contributed by atoms with E-state index in [1.165, 1.54) is 13.2 Å². The number of ketones is 1. The summed E-state index contributed by atoms with van der Waals surface area (Å²) in [7, 11) is 1.43. The lowest BCUT2D eigenvalue weighted by Crippen LogP contribution is -2.22. The average molecular weight is 200 g/mol. The molecule has 80 valence electrons. The number of methoxy groups -OCH3 is 1. The maximum absolute atomic E-state index is 10.9. The van der Waals surface area contributed by atoms with Crippen molar-refractivity contribution in [2.24, 2.45) is 5.92 Å². The predicted molar refractivity (Wildman–Crippen MR) is 51.8 cm³/mol. The molecule has 0 heterocycles. The number of rotatable bonds is 2. The molecule has 0 aromatic carbocycles. The summed E-state index contributed by atoms with van der Waals surface area (Å²) in [5.74, 6) is -1.27. The van der Waals surface area contributed by atoms with Crippen LogP contribution >= 0.6 is 0 Å². The van der Waals surface area contributed by atoms with Crippen LogP contribution in [0.5, 0.6) is 0 Å². The van der Waals surface area contributed by atoms with Gasteiger partial charge in [-0.2, -0.15) is 0 Å². The third-order valence-corrected chi connectivity index (χ3v) is 1.83. The number of allylic oxidation sites excluding steroid dienone is 2. The van der Waals surface area contributed by atoms with Gasteiger partial charge in [0, 0.05) is 18.9 Å². The van der Waals surface area contributed by atoms with E-state index in [0.717, 1.165) is 0 Å². The number of aliphatic carboxylic acids is 1. The van der Waals surface area contributed by atoms with E-state index >= 15 is 0 Å². The number of carbonyl (C=O) groups excluding carboxylic acids is 1. The Hall–Kier alpha value is -1.32. The van der Waals surface area contributed by atoms with Gasteiger partial charge in [-0.05, 0) is 0 Å². The van der Waals surface area contributed by atoms with Gasteiger partial charge in [0.1, 0.15) is 0 Å². The Morgan fingerprint density at radius 2 is 2.07 bits per heavy atom. The van der Waals surface area contributed by atoms with Gasteiger partial charge >= 0.3 is 5.97 Å². The third kappa shape index (κ3) is 3.60. The highest BCUT2D eigenvalue weighted by Crippen LogP contribution is 2.22. The molecule has 1 atom stereocenters. The van der Waals surface area contributed by atoms with Gasteiger partial charge in [0.05, 0.1) is 18.8 Å². The summed E-state index contributed by atoms with van der Waals surface area (Å²) in [6.45, 7) is 4.00. The van der Waals surface area contributed by atoms with Crippen molar-refractivity contribution >= 4 is 11.8 Å². The maximum Gasteiger partial charge on any atom is 0.307 e. The summed E-state index contributed by atoms with van der Waals surface area (Å²) >= 11 is 0. The van der Waals surface area contributed by atoms with E-state index in [2.05, 4.69) is 0 Å². The number of carboxylic acids is 1. The lowest BCUT2D eigenvalue weighted by molar-refractivity contribution is -0.144. The second-order valence-corrected chi connectivity index (χ2v) is 2.72. The van der Waals surface area contributed by atoms with Crippen molar-refractivity contribution in [1.82, 2.24) is 0 Å². The molecule has 0 amide bonds. The van der Waals surface area contributed by atoms with Crippen molar-refractivity contribution < 1.29 is 19.4 Å². The molecule has 0 aromatic heterocycles. The largest absolute Gasteiger partial charge is 0.501 e. The first kappa shape index (κ1) is 12.7. The van der Waals surface area contributed by atoms with Crippen LogP contribution in [0.25, 0.3) is 0 Å². The number of carboxylic acid groups (broad SMARTS) is 1. The molecule has 4 heteroatoms. The first-order valence-electron chi connectivity index (χ1n) is 4.63. The molecule has 1 N–H and O–H groups in total. The van der Waals surface area contributed by atoms with Crippen LogP contribution < -0.4 is 0 Å². The first-order chi connectivity index (χ1) is 6.63. The minimum atomic E-state index is -0.939. The van der Waals surface area contributed by atoms with Gasteiger partial charge in [0.2, 0.25) is 0 Å². The molecule has 0 bridgehead atoms. The Balaban J connectivity index is 0.000000791. The standard InChI is InChI=1S/C8H10O4.C2H6/c1-12-7-3-5(8(10)11)2-6(9)4-7;1-2/h4-5H,2-3H2,1H3,(H,10,11);1-2H3. The van der Waals surface area contributed by atoms with E-state index in [1.54, 1.807) is 0 Å². The lowest BCUT2D eigenvalue weighted by atomic mass is 9.92. The van der Waals surface area contributed by atoms with Crippen LogP contribution in [0, 0.1) is 5.92 Å². The average Bonchev–Trinajstić information content (AvgIpc) is 2.20. The summed E-state index contributed by atoms with van der Waals surface area (Å²) < 4.78 is 4.82. The summed E-state index contributed by atoms with van der Waals surface area (Å²) in [6.07, 6.45) is 1.76. The van der Waals surface area contributed by atoms with Gasteiger partial charge in [-0.3, -0.25) is 9.59 Å². The smallest absolute Gasteiger partial charge is 0.307 e. The van der Waals surface area contributed by atoms with Crippen LogP contribution in [0.15, 0.2) is 11.8 Å². The molecular formula is C10H16O4. The van der Waals surface area contributed by atoms with E-state index in [-0.39, 0.29) is 12.2 Å². The maximum atomic E-state index is 10.9. The Kier molecular flexibility index (Phi) is 5.60. The fourth-order valence-electron chi connectivity index (χ4n) is 1.17. The fraction of sp³-hybridized carbons (Fsp3) is 0.600. The summed E-state index contributed by atoms with van der Waals surface area (Å²) in [5, 5.41) is 8.63. The van der Waals surface area contributed by atoms with Crippen molar-refractivity contribution in [3.8, 4) is 0 Å². The minimum absolute atomic E-state index is 0.0855. The fourth-order valence-corrected chi connectivity index (χ4v) is 1.17. The van der Waals surface area contributed by atoms with Crippen LogP contribution in [0.1, 0.15) is 26.7 Å². The highest BCUT2D eigenvalue weighted by atomic mass is 16.5. The second-order valence-electron chi connectivity index (χ2n) is 2.72. The minimum Gasteiger partial charge on any atom is -0.501 e. The van der Waals surface area contributed by atoms with Crippen LogP contribution in [0.4, 0.5) is 0 Å². The lowest BCUT2D eigenvalue weighted by Gasteiger charge is -2.16. The Morgan fingerprint density at radius 3 is 2.50 bits per heavy atom. The van der Waals surface area contributed by atoms with Crippen molar-refractivity contribution in [3.05, 3.63) is 11.8 Å². The SMILES string of the molecule is CC.COC1=CC(=O)CC(C(=O)O)C1. The van der Waals surface area contributed by atoms with Crippen LogP contribution in [0.2, 0.25) is 0 Å². The molecule has 1 aliphatic carbocycles. The zero-order chi connectivity index (χ0) is 11.1. The molecule has 1 unspecified atom stereocenters. The topological polar surface area (TPSA) is 63.6 Å². The number of ether oxygens (including phenoxy) is 1. The molecule has 0 aliphatic heterocycles. The Bertz CT molecular complexity index is 243. The quantitative estimate of drug-likeness (QED) is 0.735. The zero-order valence-corrected chi connectivity index (χ0v) is 8.74. The van der Waals surface area contributed by atoms with Gasteiger partial charge in [0.25, 0.3) is 0 Å². The Labute approximate surface area is 83.6 Å². The van der Waals surface area contributed by atoms with E-state index < -0.39 is 11.9 Å². The van der Waals surface area contributed by atoms with Crippen molar-refractivity contribution in [3.63, 3.8) is 0 Å². The van der Waals surface area contributed by atoms with E-state index in [9.17, 15) is 9.59 Å². The molecule has 1 rings (SSSR count). The molecule has 0 saturated heterocycles. The van der Waals surface area contributed by atoms with E-state index in [4.69, 9.17) is 9.84 Å². The molecule has 0 radical (unpaired) electrons. The zero-order valence-electron chi connectivity index (χ0n) is 8.74. The van der Waals surface area contributed by atoms with Gasteiger partial charge in [-0.25, -0.2) is 0 Å². The van der Waals surface area contributed by atoms with Gasteiger partial charge in [-0.15, -0.1) is 0 Å². The third-order valence-electron chi connectivity index (χ3n) is 1.83. The number of hydrogen-bond acceptors (Lipinski definition) is 3. The molecule has 0 fully saturated rings. The molecule has 14 heavy (non-hydrogen) atoms. The molecule has 1 aliphatic rings. The molecule has 0 spiro atoms. The van der Waals surface area contributed by atoms with Crippen molar-refractivity contribution in [2.45, 2.75) is 26.7 Å². The second kappa shape index (κ2) is 6.18. The summed E-state index contributed by atoms with van der Waals surface area (Å²) in [6, 6.07) is 0. The molecular weight excluding hydrogens is 184 g/mol. The monoisotopic (exact) mass is 200 g/mol. The highest BCUT2D eigenvalue weighted by molar-refractivity contribution is 5.94. The van der Waals surface area contributed by atoms with E-state index in [0.29, 0.717) is 12.2 Å². The van der Waals surface area contributed by atoms with Crippen LogP contribution in [-0.4, -0.2) is 24.0 Å².